The fourth-order valence-electron chi connectivity index (χ4n) is 1.11. The fourth-order valence-corrected chi connectivity index (χ4v) is 1.98. The van der Waals surface area contributed by atoms with E-state index in [1.165, 1.54) is 0 Å². The summed E-state index contributed by atoms with van der Waals surface area (Å²) in [6.45, 7) is 2.09. The summed E-state index contributed by atoms with van der Waals surface area (Å²) in [4.78, 5) is 9.66. The van der Waals surface area contributed by atoms with Crippen molar-refractivity contribution in [3.63, 3.8) is 0 Å². The number of methoxy groups -OCH3 is 1. The highest BCUT2D eigenvalue weighted by molar-refractivity contribution is 7.18. The minimum absolute atomic E-state index is 0.652. The number of ether oxygens (including phenoxy) is 1. The third-order valence-electron chi connectivity index (χ3n) is 1.79. The molecule has 0 radical (unpaired) electrons. The standard InChI is InChI=1S/C9H10N2OS/c1-3-8-10-6-4-5-7(12-2)11-9(6)13-8/h4-5H,3H2,1-2H3. The highest BCUT2D eigenvalue weighted by atomic mass is 32.1. The molecule has 0 fully saturated rings. The highest BCUT2D eigenvalue weighted by Gasteiger charge is 2.03. The molecule has 0 bridgehead atoms. The van der Waals surface area contributed by atoms with Crippen LogP contribution < -0.4 is 4.74 Å². The quantitative estimate of drug-likeness (QED) is 0.735. The Bertz CT molecular complexity index is 422. The number of thiazole rings is 1. The van der Waals surface area contributed by atoms with Crippen LogP contribution in [0.4, 0.5) is 0 Å². The molecule has 0 N–H and O–H groups in total. The largest absolute Gasteiger partial charge is 0.481 e. The number of hydrogen-bond acceptors (Lipinski definition) is 4. The Hall–Kier alpha value is -1.16. The summed E-state index contributed by atoms with van der Waals surface area (Å²) in [7, 11) is 1.62. The highest BCUT2D eigenvalue weighted by Crippen LogP contribution is 2.22. The van der Waals surface area contributed by atoms with Crippen LogP contribution in [0.25, 0.3) is 10.3 Å². The minimum atomic E-state index is 0.652. The molecule has 0 aromatic carbocycles. The van der Waals surface area contributed by atoms with Crippen molar-refractivity contribution in [3.05, 3.63) is 17.1 Å². The molecule has 0 atom stereocenters. The normalized spacial score (nSPS) is 10.6. The van der Waals surface area contributed by atoms with Crippen molar-refractivity contribution >= 4 is 21.7 Å². The number of fused-ring (bicyclic) bond motifs is 1. The van der Waals surface area contributed by atoms with Gasteiger partial charge in [0.05, 0.1) is 12.1 Å². The molecule has 2 heterocycles. The van der Waals surface area contributed by atoms with Crippen LogP contribution in [0.5, 0.6) is 5.88 Å². The maximum absolute atomic E-state index is 5.03. The van der Waals surface area contributed by atoms with E-state index in [4.69, 9.17) is 4.74 Å². The molecule has 0 saturated carbocycles. The van der Waals surface area contributed by atoms with E-state index in [9.17, 15) is 0 Å². The summed E-state index contributed by atoms with van der Waals surface area (Å²) >= 11 is 1.62. The van der Waals surface area contributed by atoms with E-state index < -0.39 is 0 Å². The lowest BCUT2D eigenvalue weighted by Gasteiger charge is -1.95. The molecule has 3 nitrogen and oxygen atoms in total. The average molecular weight is 194 g/mol. The average Bonchev–Trinajstić information content (AvgIpc) is 2.58. The van der Waals surface area contributed by atoms with Gasteiger partial charge in [0.15, 0.2) is 0 Å². The van der Waals surface area contributed by atoms with Crippen LogP contribution >= 0.6 is 11.3 Å². The van der Waals surface area contributed by atoms with Crippen LogP contribution in [0, 0.1) is 0 Å². The van der Waals surface area contributed by atoms with Crippen molar-refractivity contribution in [2.24, 2.45) is 0 Å². The summed E-state index contributed by atoms with van der Waals surface area (Å²) in [5.74, 6) is 0.652. The van der Waals surface area contributed by atoms with Gasteiger partial charge >= 0.3 is 0 Å². The zero-order valence-corrected chi connectivity index (χ0v) is 8.39. The predicted molar refractivity (Wildman–Crippen MR) is 53.3 cm³/mol. The number of pyridine rings is 1. The monoisotopic (exact) mass is 194 g/mol. The van der Waals surface area contributed by atoms with E-state index in [0.29, 0.717) is 5.88 Å². The van der Waals surface area contributed by atoms with Crippen LogP contribution in [0.1, 0.15) is 11.9 Å². The second-order valence-electron chi connectivity index (χ2n) is 2.64. The van der Waals surface area contributed by atoms with E-state index in [-0.39, 0.29) is 0 Å². The van der Waals surface area contributed by atoms with E-state index in [2.05, 4.69) is 16.9 Å². The van der Waals surface area contributed by atoms with Crippen molar-refractivity contribution in [2.75, 3.05) is 7.11 Å². The first-order valence-electron chi connectivity index (χ1n) is 4.14. The summed E-state index contributed by atoms with van der Waals surface area (Å²) in [6, 6.07) is 3.78. The van der Waals surface area contributed by atoms with Gasteiger partial charge in [0.25, 0.3) is 0 Å². The smallest absolute Gasteiger partial charge is 0.214 e. The second kappa shape index (κ2) is 3.30. The Kier molecular flexibility index (Phi) is 2.14. The molecule has 0 saturated heterocycles. The van der Waals surface area contributed by atoms with Crippen LogP contribution in [-0.2, 0) is 6.42 Å². The van der Waals surface area contributed by atoms with Crippen molar-refractivity contribution in [1.82, 2.24) is 9.97 Å². The molecule has 68 valence electrons. The Morgan fingerprint density at radius 3 is 2.92 bits per heavy atom. The van der Waals surface area contributed by atoms with Gasteiger partial charge in [-0.05, 0) is 12.5 Å². The lowest BCUT2D eigenvalue weighted by molar-refractivity contribution is 0.400. The van der Waals surface area contributed by atoms with Gasteiger partial charge in [0.2, 0.25) is 5.88 Å². The van der Waals surface area contributed by atoms with E-state index in [1.807, 2.05) is 12.1 Å². The van der Waals surface area contributed by atoms with Crippen molar-refractivity contribution < 1.29 is 4.74 Å². The molecule has 4 heteroatoms. The van der Waals surface area contributed by atoms with Gasteiger partial charge in [-0.2, -0.15) is 0 Å². The first-order chi connectivity index (χ1) is 6.33. The molecule has 13 heavy (non-hydrogen) atoms. The van der Waals surface area contributed by atoms with Crippen molar-refractivity contribution in [2.45, 2.75) is 13.3 Å². The molecule has 2 rings (SSSR count). The van der Waals surface area contributed by atoms with Crippen LogP contribution in [0.15, 0.2) is 12.1 Å². The Balaban J connectivity index is 2.57. The molecular formula is C9H10N2OS. The summed E-state index contributed by atoms with van der Waals surface area (Å²) < 4.78 is 5.03. The first-order valence-corrected chi connectivity index (χ1v) is 4.95. The van der Waals surface area contributed by atoms with Gasteiger partial charge < -0.3 is 4.74 Å². The molecule has 0 spiro atoms. The molecule has 2 aromatic rings. The SMILES string of the molecule is CCc1nc2ccc(OC)nc2s1. The van der Waals surface area contributed by atoms with Crippen LogP contribution in [-0.4, -0.2) is 17.1 Å². The summed E-state index contributed by atoms with van der Waals surface area (Å²) in [6.07, 6.45) is 0.962. The number of aromatic nitrogens is 2. The summed E-state index contributed by atoms with van der Waals surface area (Å²) in [5.41, 5.74) is 0.961. The first kappa shape index (κ1) is 8.44. The fraction of sp³-hybridized carbons (Fsp3) is 0.333. The number of aryl methyl sites for hydroxylation is 1. The molecular weight excluding hydrogens is 184 g/mol. The maximum atomic E-state index is 5.03. The van der Waals surface area contributed by atoms with Gasteiger partial charge in [0, 0.05) is 6.07 Å². The number of nitrogens with zero attached hydrogens (tertiary/aromatic N) is 2. The zero-order chi connectivity index (χ0) is 9.26. The lowest BCUT2D eigenvalue weighted by Crippen LogP contribution is -1.85. The van der Waals surface area contributed by atoms with E-state index in [1.54, 1.807) is 18.4 Å². The molecule has 0 aliphatic rings. The third-order valence-corrected chi connectivity index (χ3v) is 2.90. The topological polar surface area (TPSA) is 35.0 Å². The number of rotatable bonds is 2. The molecule has 0 unspecified atom stereocenters. The zero-order valence-electron chi connectivity index (χ0n) is 7.57. The third kappa shape index (κ3) is 1.49. The Morgan fingerprint density at radius 1 is 1.38 bits per heavy atom. The number of hydrogen-bond donors (Lipinski definition) is 0. The van der Waals surface area contributed by atoms with Gasteiger partial charge in [-0.3, -0.25) is 0 Å². The van der Waals surface area contributed by atoms with Crippen molar-refractivity contribution in [1.29, 1.82) is 0 Å². The molecule has 0 aliphatic heterocycles. The molecule has 2 aromatic heterocycles. The minimum Gasteiger partial charge on any atom is -0.481 e. The molecule has 0 aliphatic carbocycles. The Labute approximate surface area is 80.4 Å². The van der Waals surface area contributed by atoms with E-state index >= 15 is 0 Å². The van der Waals surface area contributed by atoms with Crippen LogP contribution in [0.2, 0.25) is 0 Å². The van der Waals surface area contributed by atoms with Gasteiger partial charge in [-0.15, -0.1) is 0 Å². The van der Waals surface area contributed by atoms with E-state index in [0.717, 1.165) is 21.8 Å². The predicted octanol–water partition coefficient (Wildman–Crippen LogP) is 2.26. The van der Waals surface area contributed by atoms with Gasteiger partial charge in [-0.25, -0.2) is 9.97 Å². The maximum Gasteiger partial charge on any atom is 0.214 e. The van der Waals surface area contributed by atoms with Crippen molar-refractivity contribution in [3.8, 4) is 5.88 Å². The second-order valence-corrected chi connectivity index (χ2v) is 3.70. The van der Waals surface area contributed by atoms with Gasteiger partial charge in [0.1, 0.15) is 10.3 Å². The Morgan fingerprint density at radius 2 is 2.23 bits per heavy atom. The van der Waals surface area contributed by atoms with Gasteiger partial charge in [-0.1, -0.05) is 18.3 Å². The summed E-state index contributed by atoms with van der Waals surface area (Å²) in [5, 5.41) is 1.12. The van der Waals surface area contributed by atoms with Crippen LogP contribution in [0.3, 0.4) is 0 Å². The molecule has 0 amide bonds. The lowest BCUT2D eigenvalue weighted by atomic mass is 10.4.